The second-order valence-electron chi connectivity index (χ2n) is 4.04. The number of hydrogen-bond donors (Lipinski definition) is 1. The van der Waals surface area contributed by atoms with Gasteiger partial charge in [-0.25, -0.2) is 0 Å². The summed E-state index contributed by atoms with van der Waals surface area (Å²) in [6.07, 6.45) is 2.18. The number of aryl methyl sites for hydroxylation is 1. The van der Waals surface area contributed by atoms with Crippen LogP contribution in [0, 0.1) is 12.8 Å². The Morgan fingerprint density at radius 1 is 1.53 bits per heavy atom. The predicted molar refractivity (Wildman–Crippen MR) is 67.2 cm³/mol. The average molecular weight is 290 g/mol. The summed E-state index contributed by atoms with van der Waals surface area (Å²) in [7, 11) is 0. The van der Waals surface area contributed by atoms with Crippen LogP contribution in [0.15, 0.2) is 9.85 Å². The molecule has 0 aromatic carbocycles. The molecule has 1 saturated heterocycles. The summed E-state index contributed by atoms with van der Waals surface area (Å²) in [5.41, 5.74) is 7.62. The van der Waals surface area contributed by atoms with Crippen molar-refractivity contribution in [3.8, 4) is 0 Å². The van der Waals surface area contributed by atoms with E-state index in [0.717, 1.165) is 26.1 Å². The maximum Gasteiger partial charge on any atom is 0.0704 e. The Morgan fingerprint density at radius 3 is 2.73 bits per heavy atom. The maximum atomic E-state index is 6.31. The standard InChI is InChI=1S/C11H16BrNOS/c1-7-9(6-10(12)15-7)11(13)8-2-4-14-5-3-8/h6,8,11H,2-5,13H2,1H3. The quantitative estimate of drug-likeness (QED) is 0.907. The maximum absolute atomic E-state index is 6.31. The van der Waals surface area contributed by atoms with E-state index >= 15 is 0 Å². The highest BCUT2D eigenvalue weighted by atomic mass is 79.9. The molecule has 2 rings (SSSR count). The Balaban J connectivity index is 2.12. The fourth-order valence-corrected chi connectivity index (χ4v) is 3.88. The van der Waals surface area contributed by atoms with E-state index in [1.165, 1.54) is 14.2 Å². The second-order valence-corrected chi connectivity index (χ2v) is 6.67. The first-order valence-electron chi connectivity index (χ1n) is 5.27. The van der Waals surface area contributed by atoms with Crippen LogP contribution < -0.4 is 5.73 Å². The molecule has 4 heteroatoms. The smallest absolute Gasteiger partial charge is 0.0704 e. The van der Waals surface area contributed by atoms with Gasteiger partial charge in [-0.2, -0.15) is 0 Å². The fourth-order valence-electron chi connectivity index (χ4n) is 2.12. The highest BCUT2D eigenvalue weighted by Crippen LogP contribution is 2.35. The molecule has 0 bridgehead atoms. The lowest BCUT2D eigenvalue weighted by atomic mass is 9.88. The van der Waals surface area contributed by atoms with Crippen molar-refractivity contribution in [3.05, 3.63) is 20.3 Å². The minimum atomic E-state index is 0.177. The Kier molecular flexibility index (Phi) is 3.83. The molecule has 1 aliphatic heterocycles. The summed E-state index contributed by atoms with van der Waals surface area (Å²) in [5.74, 6) is 0.582. The van der Waals surface area contributed by atoms with Crippen LogP contribution in [-0.4, -0.2) is 13.2 Å². The molecule has 2 heterocycles. The average Bonchev–Trinajstić information content (AvgIpc) is 2.58. The zero-order valence-corrected chi connectivity index (χ0v) is 11.2. The van der Waals surface area contributed by atoms with Gasteiger partial charge in [0.05, 0.1) is 3.79 Å². The van der Waals surface area contributed by atoms with Crippen molar-refractivity contribution >= 4 is 27.3 Å². The monoisotopic (exact) mass is 289 g/mol. The Morgan fingerprint density at radius 2 is 2.20 bits per heavy atom. The summed E-state index contributed by atoms with van der Waals surface area (Å²) in [4.78, 5) is 1.33. The van der Waals surface area contributed by atoms with Crippen LogP contribution in [0.1, 0.15) is 29.3 Å². The molecule has 15 heavy (non-hydrogen) atoms. The molecule has 84 valence electrons. The van der Waals surface area contributed by atoms with Crippen molar-refractivity contribution in [2.75, 3.05) is 13.2 Å². The van der Waals surface area contributed by atoms with E-state index < -0.39 is 0 Å². The van der Waals surface area contributed by atoms with Crippen LogP contribution in [0.5, 0.6) is 0 Å². The molecule has 1 fully saturated rings. The van der Waals surface area contributed by atoms with Crippen LogP contribution in [-0.2, 0) is 4.74 Å². The third kappa shape index (κ3) is 2.61. The fraction of sp³-hybridized carbons (Fsp3) is 0.636. The summed E-state index contributed by atoms with van der Waals surface area (Å²) in [6.45, 7) is 3.87. The Hall–Kier alpha value is 0.1000. The summed E-state index contributed by atoms with van der Waals surface area (Å²) in [5, 5.41) is 0. The zero-order valence-electron chi connectivity index (χ0n) is 8.83. The molecular weight excluding hydrogens is 274 g/mol. The number of hydrogen-bond acceptors (Lipinski definition) is 3. The van der Waals surface area contributed by atoms with Crippen molar-refractivity contribution in [1.82, 2.24) is 0 Å². The van der Waals surface area contributed by atoms with E-state index in [1.807, 2.05) is 0 Å². The molecule has 1 aliphatic rings. The third-order valence-corrected chi connectivity index (χ3v) is 4.63. The van der Waals surface area contributed by atoms with E-state index in [4.69, 9.17) is 10.5 Å². The zero-order chi connectivity index (χ0) is 10.8. The molecule has 0 radical (unpaired) electrons. The van der Waals surface area contributed by atoms with Crippen LogP contribution in [0.25, 0.3) is 0 Å². The Bertz CT molecular complexity index is 333. The SMILES string of the molecule is Cc1sc(Br)cc1C(N)C1CCOCC1. The van der Waals surface area contributed by atoms with Crippen molar-refractivity contribution in [2.45, 2.75) is 25.8 Å². The largest absolute Gasteiger partial charge is 0.381 e. The molecule has 0 spiro atoms. The van der Waals surface area contributed by atoms with Crippen LogP contribution in [0.4, 0.5) is 0 Å². The van der Waals surface area contributed by atoms with E-state index in [2.05, 4.69) is 28.9 Å². The van der Waals surface area contributed by atoms with Gasteiger partial charge < -0.3 is 10.5 Å². The lowest BCUT2D eigenvalue weighted by Crippen LogP contribution is -2.27. The molecule has 2 nitrogen and oxygen atoms in total. The summed E-state index contributed by atoms with van der Waals surface area (Å²) >= 11 is 5.28. The summed E-state index contributed by atoms with van der Waals surface area (Å²) < 4.78 is 6.54. The molecular formula is C11H16BrNOS. The van der Waals surface area contributed by atoms with Gasteiger partial charge in [-0.05, 0) is 53.2 Å². The molecule has 0 aliphatic carbocycles. The number of rotatable bonds is 2. The molecule has 0 saturated carbocycles. The molecule has 1 unspecified atom stereocenters. The van der Waals surface area contributed by atoms with Gasteiger partial charge in [0.25, 0.3) is 0 Å². The van der Waals surface area contributed by atoms with E-state index in [9.17, 15) is 0 Å². The van der Waals surface area contributed by atoms with Crippen molar-refractivity contribution in [2.24, 2.45) is 11.7 Å². The molecule has 1 aromatic heterocycles. The van der Waals surface area contributed by atoms with Crippen LogP contribution in [0.2, 0.25) is 0 Å². The highest BCUT2D eigenvalue weighted by molar-refractivity contribution is 9.11. The Labute approximate surface area is 103 Å². The first-order chi connectivity index (χ1) is 7.18. The molecule has 0 amide bonds. The van der Waals surface area contributed by atoms with E-state index in [0.29, 0.717) is 5.92 Å². The van der Waals surface area contributed by atoms with Gasteiger partial charge in [-0.15, -0.1) is 11.3 Å². The van der Waals surface area contributed by atoms with Crippen molar-refractivity contribution in [3.63, 3.8) is 0 Å². The third-order valence-electron chi connectivity index (χ3n) is 3.06. The number of nitrogens with two attached hydrogens (primary N) is 1. The van der Waals surface area contributed by atoms with E-state index in [1.54, 1.807) is 11.3 Å². The minimum absolute atomic E-state index is 0.177. The van der Waals surface area contributed by atoms with Gasteiger partial charge in [-0.1, -0.05) is 0 Å². The normalized spacial score (nSPS) is 20.5. The van der Waals surface area contributed by atoms with Crippen molar-refractivity contribution in [1.29, 1.82) is 0 Å². The van der Waals surface area contributed by atoms with Gasteiger partial charge >= 0.3 is 0 Å². The first kappa shape index (κ1) is 11.6. The topological polar surface area (TPSA) is 35.2 Å². The molecule has 1 atom stereocenters. The van der Waals surface area contributed by atoms with Crippen LogP contribution in [0.3, 0.4) is 0 Å². The lowest BCUT2D eigenvalue weighted by molar-refractivity contribution is 0.0583. The van der Waals surface area contributed by atoms with Crippen molar-refractivity contribution < 1.29 is 4.74 Å². The van der Waals surface area contributed by atoms with Gasteiger partial charge in [0.1, 0.15) is 0 Å². The number of ether oxygens (including phenoxy) is 1. The molecule has 2 N–H and O–H groups in total. The second kappa shape index (κ2) is 4.95. The van der Waals surface area contributed by atoms with Gasteiger partial charge in [-0.3, -0.25) is 0 Å². The molecule has 1 aromatic rings. The first-order valence-corrected chi connectivity index (χ1v) is 6.88. The number of thiophene rings is 1. The van der Waals surface area contributed by atoms with Gasteiger partial charge in [0.15, 0.2) is 0 Å². The minimum Gasteiger partial charge on any atom is -0.381 e. The highest BCUT2D eigenvalue weighted by Gasteiger charge is 2.24. The van der Waals surface area contributed by atoms with Gasteiger partial charge in [0.2, 0.25) is 0 Å². The predicted octanol–water partition coefficient (Wildman–Crippen LogP) is 3.25. The number of halogens is 1. The summed E-state index contributed by atoms with van der Waals surface area (Å²) in [6, 6.07) is 2.34. The van der Waals surface area contributed by atoms with Gasteiger partial charge in [0, 0.05) is 24.1 Å². The van der Waals surface area contributed by atoms with E-state index in [-0.39, 0.29) is 6.04 Å². The van der Waals surface area contributed by atoms with Crippen LogP contribution >= 0.6 is 27.3 Å². The lowest BCUT2D eigenvalue weighted by Gasteiger charge is -2.27.